The first-order valence-corrected chi connectivity index (χ1v) is 11.8. The number of halogens is 2. The van der Waals surface area contributed by atoms with Crippen molar-refractivity contribution in [2.75, 3.05) is 23.2 Å². The van der Waals surface area contributed by atoms with Crippen molar-refractivity contribution in [1.29, 1.82) is 0 Å². The Kier molecular flexibility index (Phi) is 6.20. The number of carboxylic acids is 1. The maximum atomic E-state index is 13.3. The summed E-state index contributed by atoms with van der Waals surface area (Å²) in [5.74, 6) is -0.634. The largest absolute Gasteiger partial charge is 0.480 e. The van der Waals surface area contributed by atoms with E-state index in [-0.39, 0.29) is 20.6 Å². The average molecular weight is 505 g/mol. The van der Waals surface area contributed by atoms with Gasteiger partial charge >= 0.3 is 5.97 Å². The van der Waals surface area contributed by atoms with Gasteiger partial charge in [-0.1, -0.05) is 23.2 Å². The van der Waals surface area contributed by atoms with Gasteiger partial charge < -0.3 is 15.0 Å². The van der Waals surface area contributed by atoms with E-state index in [1.165, 1.54) is 18.2 Å². The second-order valence-electron chi connectivity index (χ2n) is 7.09. The number of anilines is 2. The monoisotopic (exact) mass is 504 g/mol. The minimum atomic E-state index is -4.26. The predicted molar refractivity (Wildman–Crippen MR) is 129 cm³/mol. The Morgan fingerprint density at radius 2 is 1.82 bits per heavy atom. The highest BCUT2D eigenvalue weighted by Gasteiger charge is 2.28. The zero-order valence-corrected chi connectivity index (χ0v) is 19.6. The van der Waals surface area contributed by atoms with E-state index >= 15 is 0 Å². The van der Waals surface area contributed by atoms with Crippen LogP contribution < -0.4 is 9.62 Å². The standard InChI is InChI=1S/C22H18Cl2N4O4S/c1-25-17-4-6-26-21(12-17)27-7-5-14-8-18(2-3-20(14)27)28(13-22(29)30)33(31,32)19-10-15(23)9-16(24)11-19/h2-12H,13H2,1H3,(H,25,26)(H,29,30). The van der Waals surface area contributed by atoms with Crippen LogP contribution in [0, 0.1) is 0 Å². The number of aromatic nitrogens is 2. The lowest BCUT2D eigenvalue weighted by molar-refractivity contribution is -0.135. The molecule has 0 aliphatic carbocycles. The maximum Gasteiger partial charge on any atom is 0.324 e. The molecule has 2 N–H and O–H groups in total. The number of pyridine rings is 1. The molecule has 33 heavy (non-hydrogen) atoms. The van der Waals surface area contributed by atoms with Gasteiger partial charge in [0.2, 0.25) is 0 Å². The Hall–Kier alpha value is -3.27. The predicted octanol–water partition coefficient (Wildman–Crippen LogP) is 4.65. The van der Waals surface area contributed by atoms with Gasteiger partial charge in [-0.05, 0) is 48.5 Å². The number of nitrogens with one attached hydrogen (secondary N) is 1. The molecule has 0 saturated heterocycles. The van der Waals surface area contributed by atoms with Crippen molar-refractivity contribution in [2.24, 2.45) is 0 Å². The van der Waals surface area contributed by atoms with Crippen molar-refractivity contribution in [3.05, 3.63) is 77.0 Å². The van der Waals surface area contributed by atoms with Gasteiger partial charge in [-0.3, -0.25) is 9.10 Å². The van der Waals surface area contributed by atoms with Gasteiger partial charge in [-0.15, -0.1) is 0 Å². The van der Waals surface area contributed by atoms with Crippen molar-refractivity contribution in [3.8, 4) is 5.82 Å². The molecule has 0 spiro atoms. The van der Waals surface area contributed by atoms with E-state index in [4.69, 9.17) is 23.2 Å². The molecule has 4 aromatic rings. The van der Waals surface area contributed by atoms with Gasteiger partial charge in [0.1, 0.15) is 12.4 Å². The lowest BCUT2D eigenvalue weighted by atomic mass is 10.2. The van der Waals surface area contributed by atoms with Crippen LogP contribution in [-0.4, -0.2) is 42.6 Å². The molecular weight excluding hydrogens is 487 g/mol. The fraction of sp³-hybridized carbons (Fsp3) is 0.0909. The van der Waals surface area contributed by atoms with Gasteiger partial charge in [0, 0.05) is 46.6 Å². The first kappa shape index (κ1) is 22.9. The highest BCUT2D eigenvalue weighted by molar-refractivity contribution is 7.92. The van der Waals surface area contributed by atoms with Crippen molar-refractivity contribution in [2.45, 2.75) is 4.90 Å². The summed E-state index contributed by atoms with van der Waals surface area (Å²) >= 11 is 12.0. The molecule has 2 aromatic heterocycles. The van der Waals surface area contributed by atoms with Gasteiger partial charge in [-0.2, -0.15) is 0 Å². The quantitative estimate of drug-likeness (QED) is 0.379. The number of aliphatic carboxylic acids is 1. The Bertz CT molecular complexity index is 1450. The molecule has 2 heterocycles. The molecule has 0 amide bonds. The van der Waals surface area contributed by atoms with Crippen LogP contribution in [-0.2, 0) is 14.8 Å². The Morgan fingerprint density at radius 3 is 2.48 bits per heavy atom. The molecule has 0 fully saturated rings. The second-order valence-corrected chi connectivity index (χ2v) is 9.83. The third-order valence-electron chi connectivity index (χ3n) is 4.95. The van der Waals surface area contributed by atoms with Crippen LogP contribution in [0.5, 0.6) is 0 Å². The summed E-state index contributed by atoms with van der Waals surface area (Å²) in [5, 5.41) is 13.4. The molecule has 11 heteroatoms. The molecule has 0 radical (unpaired) electrons. The Balaban J connectivity index is 1.81. The number of benzene rings is 2. The molecule has 2 aromatic carbocycles. The molecule has 0 unspecified atom stereocenters. The summed E-state index contributed by atoms with van der Waals surface area (Å²) in [6.45, 7) is -0.773. The van der Waals surface area contributed by atoms with Crippen molar-refractivity contribution in [1.82, 2.24) is 9.55 Å². The van der Waals surface area contributed by atoms with Gasteiger partial charge in [0.25, 0.3) is 10.0 Å². The first-order valence-electron chi connectivity index (χ1n) is 9.65. The van der Waals surface area contributed by atoms with E-state index in [9.17, 15) is 18.3 Å². The van der Waals surface area contributed by atoms with Crippen LogP contribution in [0.4, 0.5) is 11.4 Å². The zero-order chi connectivity index (χ0) is 23.8. The number of rotatable bonds is 7. The summed E-state index contributed by atoms with van der Waals surface area (Å²) in [7, 11) is -2.45. The van der Waals surface area contributed by atoms with Crippen LogP contribution in [0.2, 0.25) is 10.0 Å². The highest BCUT2D eigenvalue weighted by Crippen LogP contribution is 2.31. The van der Waals surface area contributed by atoms with Crippen LogP contribution in [0.3, 0.4) is 0 Å². The van der Waals surface area contributed by atoms with Gasteiger partial charge in [0.15, 0.2) is 0 Å². The number of nitrogens with zero attached hydrogens (tertiary/aromatic N) is 3. The molecule has 0 aliphatic heterocycles. The number of sulfonamides is 1. The van der Waals surface area contributed by atoms with Crippen LogP contribution in [0.1, 0.15) is 0 Å². The summed E-state index contributed by atoms with van der Waals surface area (Å²) in [4.78, 5) is 15.7. The van der Waals surface area contributed by atoms with E-state index in [0.29, 0.717) is 11.2 Å². The maximum absolute atomic E-state index is 13.3. The van der Waals surface area contributed by atoms with E-state index in [1.54, 1.807) is 30.5 Å². The normalized spacial score (nSPS) is 11.5. The molecular formula is C22H18Cl2N4O4S. The summed E-state index contributed by atoms with van der Waals surface area (Å²) in [6, 6.07) is 14.2. The second kappa shape index (κ2) is 8.93. The SMILES string of the molecule is CNc1ccnc(-n2ccc3cc(N(CC(=O)O)S(=O)(=O)c4cc(Cl)cc(Cl)c4)ccc32)c1. The molecule has 8 nitrogen and oxygen atoms in total. The third-order valence-corrected chi connectivity index (χ3v) is 7.13. The number of fused-ring (bicyclic) bond motifs is 1. The highest BCUT2D eigenvalue weighted by atomic mass is 35.5. The summed E-state index contributed by atoms with van der Waals surface area (Å²) in [6.07, 6.45) is 3.49. The fourth-order valence-corrected chi connectivity index (χ4v) is 5.57. The summed E-state index contributed by atoms with van der Waals surface area (Å²) < 4.78 is 29.3. The molecule has 0 aliphatic rings. The minimum absolute atomic E-state index is 0.125. The molecule has 4 rings (SSSR count). The minimum Gasteiger partial charge on any atom is -0.480 e. The Morgan fingerprint density at radius 1 is 1.09 bits per heavy atom. The third kappa shape index (κ3) is 4.61. The number of carbonyl (C=O) groups is 1. The smallest absolute Gasteiger partial charge is 0.324 e. The van der Waals surface area contributed by atoms with Crippen molar-refractivity contribution in [3.63, 3.8) is 0 Å². The fourth-order valence-electron chi connectivity index (χ4n) is 3.43. The summed E-state index contributed by atoms with van der Waals surface area (Å²) in [5.41, 5.74) is 1.85. The number of carboxylic acid groups (broad SMARTS) is 1. The van der Waals surface area contributed by atoms with Gasteiger partial charge in [-0.25, -0.2) is 13.4 Å². The van der Waals surface area contributed by atoms with E-state index in [0.717, 1.165) is 15.5 Å². The topological polar surface area (TPSA) is 105 Å². The molecule has 0 bridgehead atoms. The van der Waals surface area contributed by atoms with E-state index in [1.807, 2.05) is 29.9 Å². The lowest BCUT2D eigenvalue weighted by Gasteiger charge is -2.23. The number of hydrogen-bond acceptors (Lipinski definition) is 5. The Labute approximate surface area is 200 Å². The van der Waals surface area contributed by atoms with Gasteiger partial charge in [0.05, 0.1) is 16.1 Å². The van der Waals surface area contributed by atoms with Crippen molar-refractivity contribution < 1.29 is 18.3 Å². The number of hydrogen-bond donors (Lipinski definition) is 2. The van der Waals surface area contributed by atoms with Crippen LogP contribution in [0.25, 0.3) is 16.7 Å². The van der Waals surface area contributed by atoms with E-state index < -0.39 is 22.5 Å². The van der Waals surface area contributed by atoms with Crippen LogP contribution >= 0.6 is 23.2 Å². The molecule has 0 atom stereocenters. The zero-order valence-electron chi connectivity index (χ0n) is 17.2. The first-order chi connectivity index (χ1) is 15.7. The van der Waals surface area contributed by atoms with Crippen LogP contribution in [0.15, 0.2) is 71.9 Å². The molecule has 0 saturated carbocycles. The van der Waals surface area contributed by atoms with Crippen molar-refractivity contribution >= 4 is 61.5 Å². The lowest BCUT2D eigenvalue weighted by Crippen LogP contribution is -2.35. The molecule has 170 valence electrons. The average Bonchev–Trinajstić information content (AvgIpc) is 3.20. The van der Waals surface area contributed by atoms with E-state index in [2.05, 4.69) is 10.3 Å².